The third kappa shape index (κ3) is 4.01. The summed E-state index contributed by atoms with van der Waals surface area (Å²) in [5.41, 5.74) is 6.79. The van der Waals surface area contributed by atoms with Crippen molar-refractivity contribution in [3.63, 3.8) is 0 Å². The predicted octanol–water partition coefficient (Wildman–Crippen LogP) is 5.97. The highest BCUT2D eigenvalue weighted by Gasteiger charge is 2.17. The molecule has 0 saturated carbocycles. The van der Waals surface area contributed by atoms with E-state index in [1.807, 2.05) is 24.7 Å². The predicted molar refractivity (Wildman–Crippen MR) is 116 cm³/mol. The number of aryl methyl sites for hydroxylation is 2. The molecule has 0 saturated heterocycles. The Morgan fingerprint density at radius 2 is 1.93 bits per heavy atom. The first-order chi connectivity index (χ1) is 12.6. The van der Waals surface area contributed by atoms with Crippen LogP contribution in [0.3, 0.4) is 0 Å². The number of halogens is 1. The molecule has 0 amide bonds. The highest BCUT2D eigenvalue weighted by atomic mass is 35.5. The molecule has 4 nitrogen and oxygen atoms in total. The topological polar surface area (TPSA) is 39.9 Å². The summed E-state index contributed by atoms with van der Waals surface area (Å²) in [5, 5.41) is 6.08. The molecule has 0 radical (unpaired) electrons. The monoisotopic (exact) mass is 385 g/mol. The minimum Gasteiger partial charge on any atom is -0.481 e. The van der Waals surface area contributed by atoms with Gasteiger partial charge in [-0.05, 0) is 31.4 Å². The average Bonchev–Trinajstić information content (AvgIpc) is 2.97. The summed E-state index contributed by atoms with van der Waals surface area (Å²) in [7, 11) is 3.68. The van der Waals surface area contributed by atoms with Crippen LogP contribution in [0.25, 0.3) is 27.6 Å². The van der Waals surface area contributed by atoms with E-state index in [2.05, 4.69) is 49.2 Å². The first kappa shape index (κ1) is 21.0. The van der Waals surface area contributed by atoms with E-state index in [0.29, 0.717) is 5.88 Å². The van der Waals surface area contributed by atoms with Crippen LogP contribution in [0.4, 0.5) is 0 Å². The molecule has 144 valence electrons. The van der Waals surface area contributed by atoms with Gasteiger partial charge in [-0.25, -0.2) is 4.98 Å². The van der Waals surface area contributed by atoms with Crippen LogP contribution in [0.1, 0.15) is 44.5 Å². The lowest BCUT2D eigenvalue weighted by atomic mass is 9.98. The van der Waals surface area contributed by atoms with Crippen molar-refractivity contribution in [1.82, 2.24) is 14.8 Å². The Morgan fingerprint density at radius 1 is 1.15 bits per heavy atom. The maximum Gasteiger partial charge on any atom is 0.213 e. The number of ether oxygens (including phenoxy) is 1. The maximum atomic E-state index is 5.24. The van der Waals surface area contributed by atoms with E-state index in [0.717, 1.165) is 41.6 Å². The van der Waals surface area contributed by atoms with E-state index in [1.165, 1.54) is 16.7 Å². The molecule has 0 aliphatic carbocycles. The van der Waals surface area contributed by atoms with Crippen LogP contribution in [0.5, 0.6) is 5.88 Å². The quantitative estimate of drug-likeness (QED) is 0.525. The molecule has 1 aromatic carbocycles. The highest BCUT2D eigenvalue weighted by Crippen LogP contribution is 2.35. The van der Waals surface area contributed by atoms with Gasteiger partial charge in [0.2, 0.25) is 5.88 Å². The van der Waals surface area contributed by atoms with Gasteiger partial charge in [0, 0.05) is 35.3 Å². The van der Waals surface area contributed by atoms with Gasteiger partial charge in [0.1, 0.15) is 5.52 Å². The van der Waals surface area contributed by atoms with Crippen LogP contribution in [-0.2, 0) is 7.05 Å². The Labute approximate surface area is 167 Å². The van der Waals surface area contributed by atoms with E-state index < -0.39 is 0 Å². The van der Waals surface area contributed by atoms with Crippen LogP contribution >= 0.6 is 12.4 Å². The number of allylic oxidation sites excluding steroid dienone is 2. The van der Waals surface area contributed by atoms with Gasteiger partial charge in [-0.15, -0.1) is 12.4 Å². The second-order valence-corrected chi connectivity index (χ2v) is 6.55. The zero-order valence-corrected chi connectivity index (χ0v) is 17.6. The van der Waals surface area contributed by atoms with Gasteiger partial charge < -0.3 is 4.74 Å². The van der Waals surface area contributed by atoms with Crippen LogP contribution in [-0.4, -0.2) is 21.9 Å². The Morgan fingerprint density at radius 3 is 2.56 bits per heavy atom. The molecular weight excluding hydrogens is 358 g/mol. The van der Waals surface area contributed by atoms with Gasteiger partial charge >= 0.3 is 0 Å². The van der Waals surface area contributed by atoms with E-state index >= 15 is 0 Å². The molecule has 2 aromatic heterocycles. The summed E-state index contributed by atoms with van der Waals surface area (Å²) in [4.78, 5) is 4.53. The third-order valence-corrected chi connectivity index (χ3v) is 4.70. The van der Waals surface area contributed by atoms with Gasteiger partial charge in [-0.2, -0.15) is 5.10 Å². The first-order valence-electron chi connectivity index (χ1n) is 9.27. The molecule has 0 aliphatic rings. The Kier molecular flexibility index (Phi) is 7.03. The Bertz CT molecular complexity index is 960. The number of fused-ring (bicyclic) bond motifs is 1. The van der Waals surface area contributed by atoms with Crippen molar-refractivity contribution in [2.75, 3.05) is 7.11 Å². The minimum atomic E-state index is 0. The number of rotatable bonds is 6. The molecule has 2 heterocycles. The van der Waals surface area contributed by atoms with Gasteiger partial charge in [0.15, 0.2) is 0 Å². The van der Waals surface area contributed by atoms with Crippen LogP contribution in [0.15, 0.2) is 36.4 Å². The number of methoxy groups -OCH3 is 1. The lowest BCUT2D eigenvalue weighted by molar-refractivity contribution is 0.397. The fraction of sp³-hybridized carbons (Fsp3) is 0.364. The molecule has 0 spiro atoms. The van der Waals surface area contributed by atoms with Gasteiger partial charge in [0.05, 0.1) is 12.8 Å². The van der Waals surface area contributed by atoms with E-state index in [9.17, 15) is 0 Å². The molecule has 5 heteroatoms. The van der Waals surface area contributed by atoms with Crippen LogP contribution < -0.4 is 4.74 Å². The fourth-order valence-electron chi connectivity index (χ4n) is 3.58. The molecule has 3 rings (SSSR count). The lowest BCUT2D eigenvalue weighted by Crippen LogP contribution is -1.98. The third-order valence-electron chi connectivity index (χ3n) is 4.70. The molecule has 0 aliphatic heterocycles. The second kappa shape index (κ2) is 9.05. The zero-order valence-electron chi connectivity index (χ0n) is 16.7. The standard InChI is InChI=1S/C22H27N3O.ClH/c1-6-9-16(10-7-2)22-19-12-8-11-18(21(19)24-25(22)4)17-13-14-20(26-5)23-15(17)3;/h8-9,11-14H,6-7,10H2,1-5H3;1H/b16-9-;. The highest BCUT2D eigenvalue weighted by molar-refractivity contribution is 5.99. The molecular formula is C22H28ClN3O. The maximum absolute atomic E-state index is 5.24. The van der Waals surface area contributed by atoms with E-state index in [-0.39, 0.29) is 12.4 Å². The SMILES string of the molecule is CC/C=C(/CCC)c1c2cccc(-c3ccc(OC)nc3C)c2nn1C.Cl. The van der Waals surface area contributed by atoms with Gasteiger partial charge in [0.25, 0.3) is 0 Å². The van der Waals surface area contributed by atoms with Crippen molar-refractivity contribution < 1.29 is 4.74 Å². The molecule has 0 fully saturated rings. The summed E-state index contributed by atoms with van der Waals surface area (Å²) in [6.45, 7) is 6.42. The summed E-state index contributed by atoms with van der Waals surface area (Å²) in [6.07, 6.45) is 5.55. The van der Waals surface area contributed by atoms with Crippen molar-refractivity contribution >= 4 is 28.9 Å². The Hall–Kier alpha value is -2.33. The molecule has 27 heavy (non-hydrogen) atoms. The number of nitrogens with zero attached hydrogens (tertiary/aromatic N) is 3. The van der Waals surface area contributed by atoms with Crippen LogP contribution in [0, 0.1) is 6.92 Å². The Balaban J connectivity index is 0.00000261. The van der Waals surface area contributed by atoms with Crippen molar-refractivity contribution in [2.24, 2.45) is 7.05 Å². The summed E-state index contributed by atoms with van der Waals surface area (Å²) in [5.74, 6) is 0.635. The largest absolute Gasteiger partial charge is 0.481 e. The number of pyridine rings is 1. The molecule has 0 bridgehead atoms. The summed E-state index contributed by atoms with van der Waals surface area (Å²) >= 11 is 0. The van der Waals surface area contributed by atoms with Crippen molar-refractivity contribution in [3.8, 4) is 17.0 Å². The minimum absolute atomic E-state index is 0. The summed E-state index contributed by atoms with van der Waals surface area (Å²) < 4.78 is 7.27. The second-order valence-electron chi connectivity index (χ2n) is 6.55. The van der Waals surface area contributed by atoms with Crippen molar-refractivity contribution in [2.45, 2.75) is 40.0 Å². The van der Waals surface area contributed by atoms with Crippen LogP contribution in [0.2, 0.25) is 0 Å². The molecule has 0 N–H and O–H groups in total. The first-order valence-corrected chi connectivity index (χ1v) is 9.27. The van der Waals surface area contributed by atoms with Gasteiger partial charge in [-0.3, -0.25) is 4.68 Å². The number of benzene rings is 1. The summed E-state index contributed by atoms with van der Waals surface area (Å²) in [6, 6.07) is 10.4. The smallest absolute Gasteiger partial charge is 0.213 e. The fourth-order valence-corrected chi connectivity index (χ4v) is 3.58. The number of aromatic nitrogens is 3. The lowest BCUT2D eigenvalue weighted by Gasteiger charge is -2.09. The molecule has 0 unspecified atom stereocenters. The average molecular weight is 386 g/mol. The number of hydrogen-bond acceptors (Lipinski definition) is 3. The van der Waals surface area contributed by atoms with Gasteiger partial charge in [-0.1, -0.05) is 44.5 Å². The van der Waals surface area contributed by atoms with Crippen molar-refractivity contribution in [1.29, 1.82) is 0 Å². The number of hydrogen-bond donors (Lipinski definition) is 0. The van der Waals surface area contributed by atoms with E-state index in [4.69, 9.17) is 9.84 Å². The molecule has 3 aromatic rings. The molecule has 0 atom stereocenters. The van der Waals surface area contributed by atoms with E-state index in [1.54, 1.807) is 7.11 Å². The zero-order chi connectivity index (χ0) is 18.7. The normalized spacial score (nSPS) is 11.5. The van der Waals surface area contributed by atoms with Crippen molar-refractivity contribution in [3.05, 3.63) is 47.8 Å².